The largest absolute Gasteiger partial charge is 0.496 e. The van der Waals surface area contributed by atoms with Crippen LogP contribution in [0.1, 0.15) is 16.7 Å². The summed E-state index contributed by atoms with van der Waals surface area (Å²) in [4.78, 5) is 27.1. The molecule has 1 fully saturated rings. The van der Waals surface area contributed by atoms with Gasteiger partial charge in [-0.25, -0.2) is 0 Å². The van der Waals surface area contributed by atoms with E-state index in [1.807, 2.05) is 36.4 Å². The third kappa shape index (κ3) is 4.85. The molecule has 3 aromatic rings. The van der Waals surface area contributed by atoms with Crippen molar-refractivity contribution in [3.63, 3.8) is 0 Å². The van der Waals surface area contributed by atoms with Crippen molar-refractivity contribution >= 4 is 68.4 Å². The van der Waals surface area contributed by atoms with E-state index in [-0.39, 0.29) is 10.7 Å². The van der Waals surface area contributed by atoms with Crippen LogP contribution in [0.4, 0.5) is 5.69 Å². The molecule has 2 amide bonds. The highest BCUT2D eigenvalue weighted by Crippen LogP contribution is 2.34. The summed E-state index contributed by atoms with van der Waals surface area (Å²) < 4.78 is 6.38. The highest BCUT2D eigenvalue weighted by atomic mass is 79.9. The van der Waals surface area contributed by atoms with E-state index in [2.05, 4.69) is 21.2 Å². The first kappa shape index (κ1) is 23.2. The van der Waals surface area contributed by atoms with Crippen LogP contribution in [0.3, 0.4) is 0 Å². The standard InChI is InChI=1S/C25H18BrClN2O3S/c1-32-22-13-15(12-20(26)18(22)14-16-7-5-6-10-21(16)27)11-19-23(30)28-25(33)29(24(19)31)17-8-3-2-4-9-17/h2-13H,14H2,1H3,(H,28,30,33)/b19-11-. The van der Waals surface area contributed by atoms with Gasteiger partial charge in [-0.05, 0) is 59.8 Å². The van der Waals surface area contributed by atoms with Gasteiger partial charge in [0.05, 0.1) is 12.8 Å². The van der Waals surface area contributed by atoms with Crippen molar-refractivity contribution < 1.29 is 14.3 Å². The van der Waals surface area contributed by atoms with Crippen molar-refractivity contribution in [3.05, 3.63) is 98.5 Å². The van der Waals surface area contributed by atoms with Crippen LogP contribution < -0.4 is 15.0 Å². The molecule has 8 heteroatoms. The van der Waals surface area contributed by atoms with Crippen LogP contribution >= 0.6 is 39.7 Å². The molecular weight excluding hydrogens is 524 g/mol. The van der Waals surface area contributed by atoms with E-state index < -0.39 is 11.8 Å². The average molecular weight is 542 g/mol. The Hall–Kier alpha value is -3.00. The van der Waals surface area contributed by atoms with E-state index in [4.69, 9.17) is 28.6 Å². The number of halogens is 2. The molecule has 0 unspecified atom stereocenters. The Bertz CT molecular complexity index is 1290. The van der Waals surface area contributed by atoms with Gasteiger partial charge in [0, 0.05) is 21.5 Å². The zero-order chi connectivity index (χ0) is 23.5. The maximum absolute atomic E-state index is 13.2. The summed E-state index contributed by atoms with van der Waals surface area (Å²) in [6.45, 7) is 0. The number of methoxy groups -OCH3 is 1. The number of thiocarbonyl (C=S) groups is 1. The Morgan fingerprint density at radius 2 is 1.79 bits per heavy atom. The quantitative estimate of drug-likeness (QED) is 0.262. The van der Waals surface area contributed by atoms with Crippen molar-refractivity contribution in [3.8, 4) is 5.75 Å². The van der Waals surface area contributed by atoms with Gasteiger partial charge in [-0.2, -0.15) is 0 Å². The summed E-state index contributed by atoms with van der Waals surface area (Å²) in [7, 11) is 1.57. The molecule has 0 atom stereocenters. The Kier molecular flexibility index (Phi) is 6.93. The lowest BCUT2D eigenvalue weighted by atomic mass is 10.0. The zero-order valence-electron chi connectivity index (χ0n) is 17.5. The lowest BCUT2D eigenvalue weighted by molar-refractivity contribution is -0.122. The van der Waals surface area contributed by atoms with E-state index in [0.29, 0.717) is 28.4 Å². The fourth-order valence-corrected chi connectivity index (χ4v) is 4.62. The number of para-hydroxylation sites is 1. The van der Waals surface area contributed by atoms with Crippen molar-refractivity contribution in [1.82, 2.24) is 5.32 Å². The minimum absolute atomic E-state index is 0.0275. The Morgan fingerprint density at radius 1 is 1.09 bits per heavy atom. The Labute approximate surface area is 210 Å². The van der Waals surface area contributed by atoms with Crippen LogP contribution in [0.15, 0.2) is 76.8 Å². The number of ether oxygens (including phenoxy) is 1. The third-order valence-corrected chi connectivity index (χ3v) is 6.51. The SMILES string of the molecule is COc1cc(/C=C2/C(=O)NC(=S)N(c3ccccc3)C2=O)cc(Br)c1Cc1ccccc1Cl. The van der Waals surface area contributed by atoms with E-state index in [0.717, 1.165) is 15.6 Å². The maximum atomic E-state index is 13.2. The van der Waals surface area contributed by atoms with E-state index in [1.165, 1.54) is 11.0 Å². The number of benzene rings is 3. The molecular formula is C25H18BrClN2O3S. The normalized spacial score (nSPS) is 15.1. The molecule has 0 bridgehead atoms. The molecule has 0 radical (unpaired) electrons. The van der Waals surface area contributed by atoms with E-state index >= 15 is 0 Å². The van der Waals surface area contributed by atoms with Gasteiger partial charge in [-0.15, -0.1) is 0 Å². The maximum Gasteiger partial charge on any atom is 0.270 e. The highest BCUT2D eigenvalue weighted by molar-refractivity contribution is 9.10. The second-order valence-electron chi connectivity index (χ2n) is 7.25. The zero-order valence-corrected chi connectivity index (χ0v) is 20.6. The minimum atomic E-state index is -0.549. The highest BCUT2D eigenvalue weighted by Gasteiger charge is 2.34. The number of nitrogens with zero attached hydrogens (tertiary/aromatic N) is 1. The Balaban J connectivity index is 1.71. The summed E-state index contributed by atoms with van der Waals surface area (Å²) in [5.41, 5.74) is 3.03. The number of hydrogen-bond acceptors (Lipinski definition) is 4. The molecule has 0 aromatic heterocycles. The van der Waals surface area contributed by atoms with Gasteiger partial charge in [0.1, 0.15) is 11.3 Å². The summed E-state index contributed by atoms with van der Waals surface area (Å²) in [6, 6.07) is 20.2. The lowest BCUT2D eigenvalue weighted by Gasteiger charge is -2.28. The van der Waals surface area contributed by atoms with Crippen LogP contribution in [0.5, 0.6) is 5.75 Å². The lowest BCUT2D eigenvalue weighted by Crippen LogP contribution is -2.54. The second-order valence-corrected chi connectivity index (χ2v) is 8.89. The van der Waals surface area contributed by atoms with Gasteiger partial charge in [0.2, 0.25) is 0 Å². The van der Waals surface area contributed by atoms with Gasteiger partial charge in [0.15, 0.2) is 5.11 Å². The fourth-order valence-electron chi connectivity index (χ4n) is 3.54. The summed E-state index contributed by atoms with van der Waals surface area (Å²) in [5, 5.41) is 3.30. The minimum Gasteiger partial charge on any atom is -0.496 e. The van der Waals surface area contributed by atoms with Crippen molar-refractivity contribution in [2.45, 2.75) is 6.42 Å². The van der Waals surface area contributed by atoms with Crippen LogP contribution in [0.25, 0.3) is 6.08 Å². The number of amides is 2. The van der Waals surface area contributed by atoms with Gasteiger partial charge in [0.25, 0.3) is 11.8 Å². The number of carbonyl (C=O) groups is 2. The van der Waals surface area contributed by atoms with Crippen molar-refractivity contribution in [2.24, 2.45) is 0 Å². The molecule has 166 valence electrons. The topological polar surface area (TPSA) is 58.6 Å². The molecule has 33 heavy (non-hydrogen) atoms. The Morgan fingerprint density at radius 3 is 2.48 bits per heavy atom. The smallest absolute Gasteiger partial charge is 0.270 e. The number of rotatable bonds is 5. The molecule has 0 saturated carbocycles. The van der Waals surface area contributed by atoms with Gasteiger partial charge in [-0.3, -0.25) is 19.8 Å². The molecule has 0 aliphatic carbocycles. The fraction of sp³-hybridized carbons (Fsp3) is 0.0800. The molecule has 1 heterocycles. The monoisotopic (exact) mass is 540 g/mol. The van der Waals surface area contributed by atoms with Crippen molar-refractivity contribution in [2.75, 3.05) is 12.0 Å². The number of carbonyl (C=O) groups excluding carboxylic acids is 2. The average Bonchev–Trinajstić information content (AvgIpc) is 2.80. The van der Waals surface area contributed by atoms with Gasteiger partial charge >= 0.3 is 0 Å². The van der Waals surface area contributed by atoms with Gasteiger partial charge < -0.3 is 4.74 Å². The summed E-state index contributed by atoms with van der Waals surface area (Å²) >= 11 is 15.2. The van der Waals surface area contributed by atoms with Crippen molar-refractivity contribution in [1.29, 1.82) is 0 Å². The molecule has 1 saturated heterocycles. The molecule has 1 N–H and O–H groups in total. The molecule has 1 aliphatic rings. The molecule has 4 rings (SSSR count). The van der Waals surface area contributed by atoms with Crippen LogP contribution in [-0.2, 0) is 16.0 Å². The first-order valence-electron chi connectivity index (χ1n) is 9.95. The molecule has 3 aromatic carbocycles. The first-order chi connectivity index (χ1) is 15.9. The van der Waals surface area contributed by atoms with E-state index in [9.17, 15) is 9.59 Å². The number of nitrogens with one attached hydrogen (secondary N) is 1. The molecule has 0 spiro atoms. The summed E-state index contributed by atoms with van der Waals surface area (Å²) in [6.07, 6.45) is 2.08. The van der Waals surface area contributed by atoms with Crippen LogP contribution in [0.2, 0.25) is 5.02 Å². The molecule has 5 nitrogen and oxygen atoms in total. The first-order valence-corrected chi connectivity index (χ1v) is 11.5. The van der Waals surface area contributed by atoms with Crippen LogP contribution in [-0.4, -0.2) is 24.0 Å². The predicted octanol–water partition coefficient (Wildman–Crippen LogP) is 5.53. The predicted molar refractivity (Wildman–Crippen MR) is 138 cm³/mol. The summed E-state index contributed by atoms with van der Waals surface area (Å²) in [5.74, 6) is -0.437. The second kappa shape index (κ2) is 9.87. The van der Waals surface area contributed by atoms with E-state index in [1.54, 1.807) is 37.4 Å². The van der Waals surface area contributed by atoms with Gasteiger partial charge in [-0.1, -0.05) is 63.9 Å². The number of anilines is 1. The number of hydrogen-bond donors (Lipinski definition) is 1. The third-order valence-electron chi connectivity index (χ3n) is 5.15. The van der Waals surface area contributed by atoms with Crippen LogP contribution in [0, 0.1) is 0 Å². The molecule has 1 aliphatic heterocycles.